The molecule has 0 saturated carbocycles. The maximum Gasteiger partial charge on any atom is 0.259 e. The number of hydrogen-bond donors (Lipinski definition) is 3. The first-order chi connectivity index (χ1) is 14.0. The molecular weight excluding hydrogens is 410 g/mol. The summed E-state index contributed by atoms with van der Waals surface area (Å²) in [5, 5.41) is 4.44. The molecule has 2 aromatic heterocycles. The van der Waals surface area contributed by atoms with Crippen LogP contribution in [0, 0.1) is 0 Å². The first-order valence-electron chi connectivity index (χ1n) is 8.95. The van der Waals surface area contributed by atoms with E-state index in [9.17, 15) is 14.4 Å². The highest BCUT2D eigenvalue weighted by Crippen LogP contribution is 2.41. The fraction of sp³-hybridized carbons (Fsp3) is 0.211. The average Bonchev–Trinajstić information content (AvgIpc) is 3.25. The van der Waals surface area contributed by atoms with Crippen LogP contribution in [0.2, 0.25) is 0 Å². The molecule has 5 rings (SSSR count). The van der Waals surface area contributed by atoms with Crippen molar-refractivity contribution in [2.75, 3.05) is 4.90 Å². The average molecular weight is 425 g/mol. The number of carbonyl (C=O) groups excluding carboxylic acids is 3. The molecule has 3 aromatic rings. The molecule has 1 fully saturated rings. The fourth-order valence-corrected chi connectivity index (χ4v) is 4.93. The number of hydrogen-bond acceptors (Lipinski definition) is 8. The number of imide groups is 1. The van der Waals surface area contributed by atoms with E-state index in [0.717, 1.165) is 9.60 Å². The summed E-state index contributed by atoms with van der Waals surface area (Å²) >= 11 is 5.67. The van der Waals surface area contributed by atoms with Crippen LogP contribution >= 0.6 is 24.0 Å². The number of carbonyl (C=O) groups is 3. The molecule has 146 valence electrons. The van der Waals surface area contributed by atoms with Gasteiger partial charge in [-0.25, -0.2) is 4.98 Å². The smallest absolute Gasteiger partial charge is 0.259 e. The maximum absolute atomic E-state index is 13.1. The van der Waals surface area contributed by atoms with E-state index < -0.39 is 18.0 Å². The Hall–Kier alpha value is -2.82. The number of aromatic nitrogens is 2. The van der Waals surface area contributed by atoms with E-state index in [1.54, 1.807) is 24.5 Å². The lowest BCUT2D eigenvalue weighted by atomic mass is 10.0. The number of nitrogens with zero attached hydrogens (tertiary/aromatic N) is 3. The molecule has 10 heteroatoms. The first-order valence-corrected chi connectivity index (χ1v) is 10.2. The fourth-order valence-electron chi connectivity index (χ4n) is 3.93. The van der Waals surface area contributed by atoms with Crippen LogP contribution in [0.25, 0.3) is 10.8 Å². The zero-order chi connectivity index (χ0) is 20.3. The van der Waals surface area contributed by atoms with Crippen LogP contribution in [0.1, 0.15) is 39.9 Å². The van der Waals surface area contributed by atoms with Gasteiger partial charge in [-0.1, -0.05) is 12.1 Å². The van der Waals surface area contributed by atoms with Crippen molar-refractivity contribution in [2.24, 2.45) is 5.73 Å². The van der Waals surface area contributed by atoms with E-state index in [0.29, 0.717) is 27.3 Å². The molecule has 1 saturated heterocycles. The lowest BCUT2D eigenvalue weighted by Crippen LogP contribution is -2.53. The predicted molar refractivity (Wildman–Crippen MR) is 110 cm³/mol. The van der Waals surface area contributed by atoms with Gasteiger partial charge in [-0.2, -0.15) is 0 Å². The first kappa shape index (κ1) is 18.2. The lowest BCUT2D eigenvalue weighted by Gasteiger charge is -2.30. The Bertz CT molecular complexity index is 1210. The van der Waals surface area contributed by atoms with E-state index in [4.69, 9.17) is 5.73 Å². The second-order valence-corrected chi connectivity index (χ2v) is 8.76. The van der Waals surface area contributed by atoms with Crippen molar-refractivity contribution >= 4 is 58.1 Å². The molecule has 2 unspecified atom stereocenters. The molecule has 8 nitrogen and oxygen atoms in total. The number of thiazole rings is 1. The molecule has 1 aromatic carbocycles. The van der Waals surface area contributed by atoms with Crippen molar-refractivity contribution in [1.82, 2.24) is 15.3 Å². The summed E-state index contributed by atoms with van der Waals surface area (Å²) < 4.78 is 0.751. The minimum atomic E-state index is -0.747. The maximum atomic E-state index is 13.1. The van der Waals surface area contributed by atoms with Crippen LogP contribution in [-0.4, -0.2) is 33.7 Å². The number of rotatable bonds is 3. The van der Waals surface area contributed by atoms with E-state index in [2.05, 4.69) is 27.9 Å². The second kappa shape index (κ2) is 6.61. The van der Waals surface area contributed by atoms with Crippen LogP contribution in [0.3, 0.4) is 0 Å². The van der Waals surface area contributed by atoms with Crippen molar-refractivity contribution in [3.63, 3.8) is 0 Å². The molecule has 3 amide bonds. The molecule has 2 aliphatic rings. The minimum absolute atomic E-state index is 0.187. The summed E-state index contributed by atoms with van der Waals surface area (Å²) in [4.78, 5) is 47.3. The van der Waals surface area contributed by atoms with Crippen LogP contribution in [0.5, 0.6) is 0 Å². The van der Waals surface area contributed by atoms with Gasteiger partial charge >= 0.3 is 0 Å². The number of benzene rings is 1. The summed E-state index contributed by atoms with van der Waals surface area (Å²) in [5.41, 5.74) is 8.07. The van der Waals surface area contributed by atoms with Crippen molar-refractivity contribution in [3.8, 4) is 0 Å². The van der Waals surface area contributed by atoms with Gasteiger partial charge in [0.2, 0.25) is 11.8 Å². The third-order valence-electron chi connectivity index (χ3n) is 5.23. The summed E-state index contributed by atoms with van der Waals surface area (Å²) in [6, 6.07) is 4.05. The highest BCUT2D eigenvalue weighted by molar-refractivity contribution is 7.82. The minimum Gasteiger partial charge on any atom is -0.317 e. The third kappa shape index (κ3) is 2.75. The Labute approximate surface area is 174 Å². The Morgan fingerprint density at radius 2 is 2.07 bits per heavy atom. The Balaban J connectivity index is 1.64. The Morgan fingerprint density at radius 1 is 1.24 bits per heavy atom. The van der Waals surface area contributed by atoms with Crippen LogP contribution in [0.15, 0.2) is 34.8 Å². The van der Waals surface area contributed by atoms with Gasteiger partial charge in [0.25, 0.3) is 5.91 Å². The van der Waals surface area contributed by atoms with Gasteiger partial charge in [0.1, 0.15) is 17.1 Å². The molecule has 0 radical (unpaired) electrons. The van der Waals surface area contributed by atoms with Crippen molar-refractivity contribution in [2.45, 2.75) is 29.1 Å². The normalized spacial score (nSPS) is 19.7. The van der Waals surface area contributed by atoms with Gasteiger partial charge in [-0.15, -0.1) is 24.0 Å². The Kier molecular flexibility index (Phi) is 4.16. The molecule has 2 aliphatic heterocycles. The molecule has 4 heterocycles. The highest BCUT2D eigenvalue weighted by Gasteiger charge is 2.41. The number of anilines is 1. The third-order valence-corrected chi connectivity index (χ3v) is 6.50. The Morgan fingerprint density at radius 3 is 2.79 bits per heavy atom. The zero-order valence-electron chi connectivity index (χ0n) is 15.0. The number of piperidine rings is 1. The summed E-state index contributed by atoms with van der Waals surface area (Å²) in [7, 11) is 0. The number of pyridine rings is 1. The molecule has 3 N–H and O–H groups in total. The standard InChI is InChI=1S/C19H15N5O3S2/c20-15(18-22-7-13(28)29-18)16-8-2-1-3-9-14(8)11(6-21-16)24(19(9)27)10-4-5-12(25)23-17(10)26/h1-3,6-7,10,15,28H,4-5,20H2,(H,23,25,26). The van der Waals surface area contributed by atoms with Gasteiger partial charge in [-0.3, -0.25) is 29.6 Å². The SMILES string of the molecule is NC(c1ncc(S)s1)c1ncc2c3c(cccc13)C(=O)N2C1CCC(=O)NC1=O. The van der Waals surface area contributed by atoms with Gasteiger partial charge in [-0.05, 0) is 12.5 Å². The largest absolute Gasteiger partial charge is 0.317 e. The monoisotopic (exact) mass is 425 g/mol. The molecule has 2 atom stereocenters. The van der Waals surface area contributed by atoms with E-state index >= 15 is 0 Å². The molecule has 0 spiro atoms. The molecule has 29 heavy (non-hydrogen) atoms. The number of thiol groups is 1. The van der Waals surface area contributed by atoms with Gasteiger partial charge in [0, 0.05) is 22.8 Å². The quantitative estimate of drug-likeness (QED) is 0.435. The van der Waals surface area contributed by atoms with E-state index in [-0.39, 0.29) is 24.7 Å². The summed E-state index contributed by atoms with van der Waals surface area (Å²) in [6.45, 7) is 0. The topological polar surface area (TPSA) is 118 Å². The van der Waals surface area contributed by atoms with Crippen LogP contribution in [0.4, 0.5) is 5.69 Å². The van der Waals surface area contributed by atoms with Crippen LogP contribution < -0.4 is 16.0 Å². The number of nitrogens with one attached hydrogen (secondary N) is 1. The number of amides is 3. The molecule has 0 bridgehead atoms. The van der Waals surface area contributed by atoms with Gasteiger partial charge in [0.05, 0.1) is 28.0 Å². The summed E-state index contributed by atoms with van der Waals surface area (Å²) in [6.07, 6.45) is 3.67. The van der Waals surface area contributed by atoms with Crippen molar-refractivity contribution in [3.05, 3.63) is 46.9 Å². The van der Waals surface area contributed by atoms with E-state index in [1.807, 2.05) is 6.07 Å². The highest BCUT2D eigenvalue weighted by atomic mass is 32.2. The second-order valence-electron chi connectivity index (χ2n) is 6.91. The predicted octanol–water partition coefficient (Wildman–Crippen LogP) is 1.79. The van der Waals surface area contributed by atoms with E-state index in [1.165, 1.54) is 16.2 Å². The molecule has 0 aliphatic carbocycles. The number of nitrogens with two attached hydrogens (primary N) is 1. The van der Waals surface area contributed by atoms with Crippen molar-refractivity contribution in [1.29, 1.82) is 0 Å². The van der Waals surface area contributed by atoms with Gasteiger partial charge in [0.15, 0.2) is 0 Å². The molecular formula is C19H15N5O3S2. The summed E-state index contributed by atoms with van der Waals surface area (Å²) in [5.74, 6) is -1.08. The van der Waals surface area contributed by atoms with Crippen molar-refractivity contribution < 1.29 is 14.4 Å². The van der Waals surface area contributed by atoms with Gasteiger partial charge < -0.3 is 5.73 Å². The van der Waals surface area contributed by atoms with Crippen LogP contribution in [-0.2, 0) is 9.59 Å². The lowest BCUT2D eigenvalue weighted by molar-refractivity contribution is -0.134. The zero-order valence-corrected chi connectivity index (χ0v) is 16.7.